The molecular weight excluding hydrogens is 314 g/mol. The van der Waals surface area contributed by atoms with E-state index < -0.39 is 4.92 Å². The van der Waals surface area contributed by atoms with Crippen molar-refractivity contribution in [1.82, 2.24) is 4.98 Å². The lowest BCUT2D eigenvalue weighted by Crippen LogP contribution is -2.11. The molecule has 1 heterocycles. The van der Waals surface area contributed by atoms with Gasteiger partial charge in [0.05, 0.1) is 10.6 Å². The first-order valence-electron chi connectivity index (χ1n) is 6.70. The van der Waals surface area contributed by atoms with Gasteiger partial charge in [-0.2, -0.15) is 0 Å². The normalized spacial score (nSPS) is 10.3. The number of amides is 1. The molecule has 23 heavy (non-hydrogen) atoms. The van der Waals surface area contributed by atoms with E-state index in [-0.39, 0.29) is 11.6 Å². The molecule has 0 atom stereocenters. The monoisotopic (exact) mass is 325 g/mol. The van der Waals surface area contributed by atoms with Crippen molar-refractivity contribution in [3.63, 3.8) is 0 Å². The first-order chi connectivity index (χ1) is 11.1. The molecule has 0 saturated heterocycles. The Bertz CT molecular complexity index is 845. The Kier molecular flexibility index (Phi) is 4.11. The second kappa shape index (κ2) is 6.37. The number of nitrogens with zero attached hydrogens (tertiary/aromatic N) is 2. The van der Waals surface area contributed by atoms with Crippen LogP contribution in [0.1, 0.15) is 10.4 Å². The third kappa shape index (κ3) is 3.41. The summed E-state index contributed by atoms with van der Waals surface area (Å²) in [5.41, 5.74) is 2.00. The van der Waals surface area contributed by atoms with Crippen LogP contribution in [0.25, 0.3) is 11.3 Å². The quantitative estimate of drug-likeness (QED) is 0.581. The summed E-state index contributed by atoms with van der Waals surface area (Å²) in [7, 11) is 0. The predicted molar refractivity (Wildman–Crippen MR) is 88.6 cm³/mol. The van der Waals surface area contributed by atoms with E-state index in [0.29, 0.717) is 16.4 Å². The molecule has 7 heteroatoms. The second-order valence-electron chi connectivity index (χ2n) is 4.66. The van der Waals surface area contributed by atoms with Crippen molar-refractivity contribution in [2.45, 2.75) is 0 Å². The van der Waals surface area contributed by atoms with E-state index in [9.17, 15) is 14.9 Å². The van der Waals surface area contributed by atoms with Gasteiger partial charge in [-0.15, -0.1) is 11.3 Å². The average molecular weight is 325 g/mol. The lowest BCUT2D eigenvalue weighted by Gasteiger charge is -2.01. The van der Waals surface area contributed by atoms with Gasteiger partial charge in [0.2, 0.25) is 0 Å². The largest absolute Gasteiger partial charge is 0.298 e. The summed E-state index contributed by atoms with van der Waals surface area (Å²) in [6, 6.07) is 15.0. The molecule has 0 saturated carbocycles. The molecule has 3 aromatic rings. The molecule has 0 unspecified atom stereocenters. The third-order valence-electron chi connectivity index (χ3n) is 3.13. The van der Waals surface area contributed by atoms with Crippen molar-refractivity contribution in [3.05, 3.63) is 75.7 Å². The molecule has 0 fully saturated rings. The van der Waals surface area contributed by atoms with Crippen LogP contribution in [0.3, 0.4) is 0 Å². The number of aromatic nitrogens is 1. The van der Waals surface area contributed by atoms with Gasteiger partial charge in [0, 0.05) is 28.6 Å². The molecule has 2 aromatic carbocycles. The molecule has 1 aromatic heterocycles. The van der Waals surface area contributed by atoms with Gasteiger partial charge in [-0.05, 0) is 24.3 Å². The number of hydrogen-bond donors (Lipinski definition) is 1. The molecule has 0 spiro atoms. The van der Waals surface area contributed by atoms with Crippen LogP contribution in [0.2, 0.25) is 0 Å². The Morgan fingerprint density at radius 1 is 1.09 bits per heavy atom. The number of anilines is 1. The van der Waals surface area contributed by atoms with Gasteiger partial charge in [-0.3, -0.25) is 20.2 Å². The van der Waals surface area contributed by atoms with Crippen LogP contribution in [0.4, 0.5) is 10.8 Å². The SMILES string of the molecule is O=C(Nc1nc(-c2ccc([N+](=O)[O-])cc2)cs1)c1ccccc1. The number of rotatable bonds is 4. The number of hydrogen-bond acceptors (Lipinski definition) is 5. The van der Waals surface area contributed by atoms with Gasteiger partial charge < -0.3 is 0 Å². The zero-order valence-corrected chi connectivity index (χ0v) is 12.6. The first-order valence-corrected chi connectivity index (χ1v) is 7.58. The smallest absolute Gasteiger partial charge is 0.269 e. The van der Waals surface area contributed by atoms with Gasteiger partial charge >= 0.3 is 0 Å². The molecule has 1 amide bonds. The van der Waals surface area contributed by atoms with E-state index in [1.54, 1.807) is 41.8 Å². The third-order valence-corrected chi connectivity index (χ3v) is 3.89. The lowest BCUT2D eigenvalue weighted by atomic mass is 10.1. The Balaban J connectivity index is 1.75. The minimum absolute atomic E-state index is 0.0292. The highest BCUT2D eigenvalue weighted by Crippen LogP contribution is 2.26. The fourth-order valence-electron chi connectivity index (χ4n) is 1.98. The molecule has 0 radical (unpaired) electrons. The van der Waals surface area contributed by atoms with Crippen LogP contribution >= 0.6 is 11.3 Å². The van der Waals surface area contributed by atoms with Crippen LogP contribution in [-0.4, -0.2) is 15.8 Å². The van der Waals surface area contributed by atoms with Crippen LogP contribution in [-0.2, 0) is 0 Å². The minimum Gasteiger partial charge on any atom is -0.298 e. The number of non-ortho nitro benzene ring substituents is 1. The maximum absolute atomic E-state index is 12.1. The number of carbonyl (C=O) groups is 1. The topological polar surface area (TPSA) is 85.1 Å². The highest BCUT2D eigenvalue weighted by Gasteiger charge is 2.11. The standard InChI is InChI=1S/C16H11N3O3S/c20-15(12-4-2-1-3-5-12)18-16-17-14(10-23-16)11-6-8-13(9-7-11)19(21)22/h1-10H,(H,17,18,20). The van der Waals surface area contributed by atoms with Crippen LogP contribution in [0.5, 0.6) is 0 Å². The highest BCUT2D eigenvalue weighted by molar-refractivity contribution is 7.14. The molecular formula is C16H11N3O3S. The Hall–Kier alpha value is -3.06. The number of carbonyl (C=O) groups excluding carboxylic acids is 1. The summed E-state index contributed by atoms with van der Waals surface area (Å²) < 4.78 is 0. The van der Waals surface area contributed by atoms with Crippen LogP contribution in [0, 0.1) is 10.1 Å². The Labute approximate surface area is 135 Å². The fraction of sp³-hybridized carbons (Fsp3) is 0. The van der Waals surface area contributed by atoms with E-state index in [2.05, 4.69) is 10.3 Å². The molecule has 1 N–H and O–H groups in total. The predicted octanol–water partition coefficient (Wildman–Crippen LogP) is 3.97. The van der Waals surface area contributed by atoms with Gasteiger partial charge in [0.1, 0.15) is 0 Å². The van der Waals surface area contributed by atoms with Crippen LogP contribution in [0.15, 0.2) is 60.0 Å². The van der Waals surface area contributed by atoms with Crippen LogP contribution < -0.4 is 5.32 Å². The van der Waals surface area contributed by atoms with Crippen molar-refractivity contribution in [1.29, 1.82) is 0 Å². The van der Waals surface area contributed by atoms with E-state index in [1.165, 1.54) is 23.5 Å². The van der Waals surface area contributed by atoms with Gasteiger partial charge in [0.15, 0.2) is 5.13 Å². The first kappa shape index (κ1) is 14.9. The molecule has 0 aliphatic rings. The van der Waals surface area contributed by atoms with E-state index in [0.717, 1.165) is 5.56 Å². The van der Waals surface area contributed by atoms with E-state index >= 15 is 0 Å². The average Bonchev–Trinajstić information content (AvgIpc) is 3.04. The molecule has 3 rings (SSSR count). The molecule has 0 aliphatic carbocycles. The number of nitro groups is 1. The molecule has 0 aliphatic heterocycles. The molecule has 6 nitrogen and oxygen atoms in total. The number of benzene rings is 2. The lowest BCUT2D eigenvalue weighted by molar-refractivity contribution is -0.384. The molecule has 0 bridgehead atoms. The zero-order valence-electron chi connectivity index (χ0n) is 11.8. The Morgan fingerprint density at radius 2 is 1.78 bits per heavy atom. The maximum Gasteiger partial charge on any atom is 0.269 e. The fourth-order valence-corrected chi connectivity index (χ4v) is 2.69. The van der Waals surface area contributed by atoms with Crippen molar-refractivity contribution in [2.24, 2.45) is 0 Å². The zero-order chi connectivity index (χ0) is 16.2. The van der Waals surface area contributed by atoms with Crippen molar-refractivity contribution < 1.29 is 9.72 Å². The summed E-state index contributed by atoms with van der Waals surface area (Å²) in [4.78, 5) is 26.6. The van der Waals surface area contributed by atoms with Gasteiger partial charge in [-0.25, -0.2) is 4.98 Å². The second-order valence-corrected chi connectivity index (χ2v) is 5.52. The van der Waals surface area contributed by atoms with Gasteiger partial charge in [-0.1, -0.05) is 18.2 Å². The summed E-state index contributed by atoms with van der Waals surface area (Å²) in [6.07, 6.45) is 0. The number of nitrogens with one attached hydrogen (secondary N) is 1. The number of nitro benzene ring substituents is 1. The summed E-state index contributed by atoms with van der Waals surface area (Å²) in [5.74, 6) is -0.227. The summed E-state index contributed by atoms with van der Waals surface area (Å²) in [5, 5.41) is 15.7. The van der Waals surface area contributed by atoms with E-state index in [4.69, 9.17) is 0 Å². The summed E-state index contributed by atoms with van der Waals surface area (Å²) >= 11 is 1.30. The Morgan fingerprint density at radius 3 is 2.43 bits per heavy atom. The number of thiazole rings is 1. The van der Waals surface area contributed by atoms with Crippen molar-refractivity contribution in [2.75, 3.05) is 5.32 Å². The van der Waals surface area contributed by atoms with Crippen molar-refractivity contribution in [3.8, 4) is 11.3 Å². The summed E-state index contributed by atoms with van der Waals surface area (Å²) in [6.45, 7) is 0. The minimum atomic E-state index is -0.448. The van der Waals surface area contributed by atoms with E-state index in [1.807, 2.05) is 6.07 Å². The van der Waals surface area contributed by atoms with Crippen molar-refractivity contribution >= 4 is 28.1 Å². The molecule has 114 valence electrons. The van der Waals surface area contributed by atoms with Gasteiger partial charge in [0.25, 0.3) is 11.6 Å². The highest BCUT2D eigenvalue weighted by atomic mass is 32.1. The maximum atomic E-state index is 12.1.